The molecule has 0 bridgehead atoms. The van der Waals surface area contributed by atoms with Gasteiger partial charge in [-0.1, -0.05) is 60.7 Å². The number of nitrogens with zero attached hydrogens (tertiary/aromatic N) is 3. The van der Waals surface area contributed by atoms with Crippen molar-refractivity contribution in [1.29, 1.82) is 0 Å². The maximum absolute atomic E-state index is 13.3. The predicted octanol–water partition coefficient (Wildman–Crippen LogP) is 5.42. The summed E-state index contributed by atoms with van der Waals surface area (Å²) < 4.78 is 3.95. The van der Waals surface area contributed by atoms with Crippen LogP contribution in [0.25, 0.3) is 34.0 Å². The summed E-state index contributed by atoms with van der Waals surface area (Å²) in [5.41, 5.74) is 5.27. The zero-order valence-electron chi connectivity index (χ0n) is 17.6. The highest BCUT2D eigenvalue weighted by Crippen LogP contribution is 2.26. The number of para-hydroxylation sites is 2. The number of fused-ring (bicyclic) bond motifs is 2. The van der Waals surface area contributed by atoms with E-state index in [0.29, 0.717) is 23.3 Å². The molecule has 4 nitrogen and oxygen atoms in total. The first-order valence-corrected chi connectivity index (χ1v) is 10.4. The van der Waals surface area contributed by atoms with Crippen LogP contribution in [-0.2, 0) is 13.6 Å². The molecule has 31 heavy (non-hydrogen) atoms. The van der Waals surface area contributed by atoms with E-state index in [1.807, 2.05) is 60.7 Å². The standard InChI is InChI=1S/C27H23N3O/c1-19-21(22-12-7-9-15-25(22)29(19)2)16-17-26-28-24-14-8-6-13-23(24)27(31)30(26)18-20-10-4-3-5-11-20/h3-17H,18H2,1-2H3/b17-16+. The summed E-state index contributed by atoms with van der Waals surface area (Å²) in [5.74, 6) is 0.653. The Labute approximate surface area is 180 Å². The van der Waals surface area contributed by atoms with Crippen LogP contribution in [0.2, 0.25) is 0 Å². The SMILES string of the molecule is Cc1c(/C=C/c2nc3ccccc3c(=O)n2Cc2ccccc2)c2ccccc2n1C. The van der Waals surface area contributed by atoms with E-state index < -0.39 is 0 Å². The Bertz CT molecular complexity index is 1490. The average Bonchev–Trinajstić information content (AvgIpc) is 3.05. The van der Waals surface area contributed by atoms with Crippen molar-refractivity contribution in [3.63, 3.8) is 0 Å². The van der Waals surface area contributed by atoms with Crippen LogP contribution in [0.5, 0.6) is 0 Å². The van der Waals surface area contributed by atoms with Crippen LogP contribution in [0.4, 0.5) is 0 Å². The number of rotatable bonds is 4. The topological polar surface area (TPSA) is 39.8 Å². The highest BCUT2D eigenvalue weighted by atomic mass is 16.1. The van der Waals surface area contributed by atoms with E-state index in [1.165, 1.54) is 16.6 Å². The van der Waals surface area contributed by atoms with Crippen molar-refractivity contribution in [1.82, 2.24) is 14.1 Å². The molecule has 2 heterocycles. The Morgan fingerprint density at radius 3 is 2.32 bits per heavy atom. The van der Waals surface area contributed by atoms with Crippen molar-refractivity contribution >= 4 is 34.0 Å². The number of aromatic nitrogens is 3. The van der Waals surface area contributed by atoms with Gasteiger partial charge in [0.1, 0.15) is 5.82 Å². The van der Waals surface area contributed by atoms with Gasteiger partial charge in [0.2, 0.25) is 0 Å². The highest BCUT2D eigenvalue weighted by Gasteiger charge is 2.12. The Kier molecular flexibility index (Phi) is 4.75. The average molecular weight is 406 g/mol. The summed E-state index contributed by atoms with van der Waals surface area (Å²) >= 11 is 0. The van der Waals surface area contributed by atoms with Crippen molar-refractivity contribution in [3.05, 3.63) is 112 Å². The summed E-state index contributed by atoms with van der Waals surface area (Å²) in [7, 11) is 2.08. The van der Waals surface area contributed by atoms with Gasteiger partial charge in [0.15, 0.2) is 0 Å². The lowest BCUT2D eigenvalue weighted by Crippen LogP contribution is -2.24. The van der Waals surface area contributed by atoms with Crippen molar-refractivity contribution < 1.29 is 0 Å². The van der Waals surface area contributed by atoms with Crippen LogP contribution >= 0.6 is 0 Å². The molecule has 0 radical (unpaired) electrons. The van der Waals surface area contributed by atoms with Crippen molar-refractivity contribution in [2.75, 3.05) is 0 Å². The molecule has 0 atom stereocenters. The van der Waals surface area contributed by atoms with Crippen molar-refractivity contribution in [2.24, 2.45) is 7.05 Å². The lowest BCUT2D eigenvalue weighted by molar-refractivity contribution is 0.738. The van der Waals surface area contributed by atoms with Gasteiger partial charge in [-0.3, -0.25) is 9.36 Å². The Morgan fingerprint density at radius 1 is 0.839 bits per heavy atom. The first-order chi connectivity index (χ1) is 15.1. The molecule has 5 rings (SSSR count). The number of aryl methyl sites for hydroxylation is 1. The molecule has 0 spiro atoms. The molecule has 2 aromatic heterocycles. The monoisotopic (exact) mass is 405 g/mol. The Morgan fingerprint density at radius 2 is 1.52 bits per heavy atom. The van der Waals surface area contributed by atoms with Gasteiger partial charge < -0.3 is 4.57 Å². The largest absolute Gasteiger partial charge is 0.347 e. The van der Waals surface area contributed by atoms with E-state index in [2.05, 4.69) is 48.9 Å². The first kappa shape index (κ1) is 19.1. The second-order valence-corrected chi connectivity index (χ2v) is 7.77. The quantitative estimate of drug-likeness (QED) is 0.401. The lowest BCUT2D eigenvalue weighted by atomic mass is 10.1. The molecule has 0 aliphatic carbocycles. The lowest BCUT2D eigenvalue weighted by Gasteiger charge is -2.11. The normalized spacial score (nSPS) is 11.7. The van der Waals surface area contributed by atoms with Gasteiger partial charge in [0, 0.05) is 29.2 Å². The number of hydrogen-bond acceptors (Lipinski definition) is 2. The number of hydrogen-bond donors (Lipinski definition) is 0. The van der Waals surface area contributed by atoms with Crippen LogP contribution in [0.15, 0.2) is 83.7 Å². The van der Waals surface area contributed by atoms with Crippen LogP contribution in [0, 0.1) is 6.92 Å². The third kappa shape index (κ3) is 3.36. The maximum Gasteiger partial charge on any atom is 0.261 e. The van der Waals surface area contributed by atoms with Crippen LogP contribution < -0.4 is 5.56 Å². The first-order valence-electron chi connectivity index (χ1n) is 10.4. The molecule has 3 aromatic carbocycles. The molecule has 0 unspecified atom stereocenters. The molecule has 0 saturated carbocycles. The van der Waals surface area contributed by atoms with E-state index in [0.717, 1.165) is 11.1 Å². The summed E-state index contributed by atoms with van der Waals surface area (Å²) in [6, 6.07) is 25.9. The Balaban J connectivity index is 1.68. The second-order valence-electron chi connectivity index (χ2n) is 7.77. The van der Waals surface area contributed by atoms with E-state index in [-0.39, 0.29) is 5.56 Å². The summed E-state index contributed by atoms with van der Waals surface area (Å²) in [6.07, 6.45) is 4.04. The highest BCUT2D eigenvalue weighted by molar-refractivity contribution is 5.93. The van der Waals surface area contributed by atoms with Crippen molar-refractivity contribution in [2.45, 2.75) is 13.5 Å². The molecular formula is C27H23N3O. The summed E-state index contributed by atoms with van der Waals surface area (Å²) in [6.45, 7) is 2.59. The molecule has 5 aromatic rings. The molecule has 0 aliphatic rings. The van der Waals surface area contributed by atoms with Gasteiger partial charge in [-0.25, -0.2) is 4.98 Å². The van der Waals surface area contributed by atoms with Gasteiger partial charge >= 0.3 is 0 Å². The van der Waals surface area contributed by atoms with E-state index in [9.17, 15) is 4.79 Å². The molecule has 4 heteroatoms. The molecule has 0 amide bonds. The van der Waals surface area contributed by atoms with E-state index in [4.69, 9.17) is 4.98 Å². The van der Waals surface area contributed by atoms with Gasteiger partial charge in [0.25, 0.3) is 5.56 Å². The third-order valence-electron chi connectivity index (χ3n) is 5.92. The minimum absolute atomic E-state index is 0.0243. The summed E-state index contributed by atoms with van der Waals surface area (Å²) in [4.78, 5) is 18.2. The van der Waals surface area contributed by atoms with Crippen LogP contribution in [0.1, 0.15) is 22.6 Å². The minimum Gasteiger partial charge on any atom is -0.347 e. The fourth-order valence-corrected chi connectivity index (χ4v) is 4.15. The van der Waals surface area contributed by atoms with Gasteiger partial charge in [-0.2, -0.15) is 0 Å². The predicted molar refractivity (Wildman–Crippen MR) is 128 cm³/mol. The van der Waals surface area contributed by atoms with Crippen LogP contribution in [-0.4, -0.2) is 14.1 Å². The van der Waals surface area contributed by atoms with E-state index >= 15 is 0 Å². The summed E-state index contributed by atoms with van der Waals surface area (Å²) in [5, 5.41) is 1.83. The minimum atomic E-state index is -0.0243. The number of benzene rings is 3. The Hall–Kier alpha value is -3.92. The van der Waals surface area contributed by atoms with E-state index in [1.54, 1.807) is 4.57 Å². The van der Waals surface area contributed by atoms with Gasteiger partial charge in [-0.15, -0.1) is 0 Å². The fourth-order valence-electron chi connectivity index (χ4n) is 4.15. The maximum atomic E-state index is 13.3. The smallest absolute Gasteiger partial charge is 0.261 e. The molecule has 0 saturated heterocycles. The second kappa shape index (κ2) is 7.73. The third-order valence-corrected chi connectivity index (χ3v) is 5.92. The molecular weight excluding hydrogens is 382 g/mol. The zero-order valence-corrected chi connectivity index (χ0v) is 17.6. The van der Waals surface area contributed by atoms with Crippen LogP contribution in [0.3, 0.4) is 0 Å². The van der Waals surface area contributed by atoms with Gasteiger partial charge in [-0.05, 0) is 42.8 Å². The molecule has 152 valence electrons. The zero-order chi connectivity index (χ0) is 21.4. The molecule has 0 fully saturated rings. The van der Waals surface area contributed by atoms with Crippen molar-refractivity contribution in [3.8, 4) is 0 Å². The fraction of sp³-hybridized carbons (Fsp3) is 0.111. The molecule has 0 aliphatic heterocycles. The van der Waals surface area contributed by atoms with Gasteiger partial charge in [0.05, 0.1) is 17.4 Å². The molecule has 0 N–H and O–H groups in total.